The van der Waals surface area contributed by atoms with Gasteiger partial charge in [-0.05, 0) is 18.4 Å². The minimum Gasteiger partial charge on any atom is -0.445 e. The van der Waals surface area contributed by atoms with Gasteiger partial charge in [0.25, 0.3) is 0 Å². The van der Waals surface area contributed by atoms with Gasteiger partial charge >= 0.3 is 6.09 Å². The lowest BCUT2D eigenvalue weighted by Crippen LogP contribution is -2.42. The Hall–Kier alpha value is -2.04. The molecule has 0 spiro atoms. The van der Waals surface area contributed by atoms with Gasteiger partial charge in [0, 0.05) is 20.0 Å². The van der Waals surface area contributed by atoms with E-state index in [9.17, 15) is 9.59 Å². The van der Waals surface area contributed by atoms with Gasteiger partial charge in [-0.1, -0.05) is 30.3 Å². The van der Waals surface area contributed by atoms with E-state index in [2.05, 4.69) is 5.32 Å². The Labute approximate surface area is 118 Å². The Morgan fingerprint density at radius 1 is 1.35 bits per heavy atom. The Morgan fingerprint density at radius 3 is 2.80 bits per heavy atom. The third kappa shape index (κ3) is 3.98. The van der Waals surface area contributed by atoms with Crippen LogP contribution in [0.4, 0.5) is 4.79 Å². The van der Waals surface area contributed by atoms with E-state index in [0.717, 1.165) is 18.4 Å². The zero-order valence-corrected chi connectivity index (χ0v) is 11.7. The molecule has 1 aliphatic heterocycles. The zero-order chi connectivity index (χ0) is 14.4. The molecule has 5 nitrogen and oxygen atoms in total. The van der Waals surface area contributed by atoms with Crippen molar-refractivity contribution in [3.63, 3.8) is 0 Å². The van der Waals surface area contributed by atoms with Crippen LogP contribution in [0.3, 0.4) is 0 Å². The number of nitrogens with zero attached hydrogens (tertiary/aromatic N) is 1. The first-order valence-electron chi connectivity index (χ1n) is 6.88. The summed E-state index contributed by atoms with van der Waals surface area (Å²) in [5.41, 5.74) is 0.971. The number of likely N-dealkylation sites (tertiary alicyclic amines) is 1. The summed E-state index contributed by atoms with van der Waals surface area (Å²) < 4.78 is 5.32. The van der Waals surface area contributed by atoms with Gasteiger partial charge in [-0.15, -0.1) is 0 Å². The van der Waals surface area contributed by atoms with Crippen molar-refractivity contribution in [1.29, 1.82) is 0 Å². The van der Waals surface area contributed by atoms with Gasteiger partial charge in [0.05, 0.1) is 6.04 Å². The average Bonchev–Trinajstić information content (AvgIpc) is 2.92. The molecule has 20 heavy (non-hydrogen) atoms. The van der Waals surface area contributed by atoms with Gasteiger partial charge in [-0.25, -0.2) is 4.79 Å². The number of ether oxygens (including phenoxy) is 1. The molecule has 5 heteroatoms. The maximum atomic E-state index is 12.1. The van der Waals surface area contributed by atoms with Crippen LogP contribution in [0.25, 0.3) is 0 Å². The molecule has 1 aromatic rings. The number of rotatable bonds is 4. The minimum atomic E-state index is -0.304. The van der Waals surface area contributed by atoms with E-state index in [1.807, 2.05) is 30.3 Å². The van der Waals surface area contributed by atoms with Crippen LogP contribution in [-0.2, 0) is 16.1 Å². The summed E-state index contributed by atoms with van der Waals surface area (Å²) in [7, 11) is 0. The summed E-state index contributed by atoms with van der Waals surface area (Å²) >= 11 is 0. The van der Waals surface area contributed by atoms with E-state index in [1.54, 1.807) is 4.90 Å². The molecule has 1 N–H and O–H groups in total. The van der Waals surface area contributed by atoms with Crippen molar-refractivity contribution >= 4 is 12.0 Å². The first-order chi connectivity index (χ1) is 9.66. The maximum absolute atomic E-state index is 12.1. The van der Waals surface area contributed by atoms with Crippen molar-refractivity contribution in [2.24, 2.45) is 0 Å². The van der Waals surface area contributed by atoms with Crippen molar-refractivity contribution < 1.29 is 14.3 Å². The van der Waals surface area contributed by atoms with Crippen molar-refractivity contribution in [3.8, 4) is 0 Å². The molecular formula is C15H20N2O3. The summed E-state index contributed by atoms with van der Waals surface area (Å²) in [5.74, 6) is -0.0745. The molecule has 0 aromatic heterocycles. The van der Waals surface area contributed by atoms with Gasteiger partial charge in [-0.3, -0.25) is 4.79 Å². The summed E-state index contributed by atoms with van der Waals surface area (Å²) in [6.45, 7) is 2.95. The molecule has 1 saturated heterocycles. The van der Waals surface area contributed by atoms with Crippen molar-refractivity contribution in [2.45, 2.75) is 32.4 Å². The minimum absolute atomic E-state index is 0.0437. The molecular weight excluding hydrogens is 256 g/mol. The fraction of sp³-hybridized carbons (Fsp3) is 0.467. The predicted octanol–water partition coefficient (Wildman–Crippen LogP) is 1.92. The quantitative estimate of drug-likeness (QED) is 0.914. The smallest absolute Gasteiger partial charge is 0.410 e. The normalized spacial score (nSPS) is 17.9. The van der Waals surface area contributed by atoms with Crippen LogP contribution in [0.2, 0.25) is 0 Å². The Bertz CT molecular complexity index is 461. The highest BCUT2D eigenvalue weighted by molar-refractivity contribution is 5.73. The van der Waals surface area contributed by atoms with Gasteiger partial charge in [0.15, 0.2) is 0 Å². The lowest BCUT2D eigenvalue weighted by Gasteiger charge is -2.24. The van der Waals surface area contributed by atoms with Gasteiger partial charge in [0.2, 0.25) is 5.91 Å². The van der Waals surface area contributed by atoms with Gasteiger partial charge < -0.3 is 15.0 Å². The van der Waals surface area contributed by atoms with E-state index in [0.29, 0.717) is 13.1 Å². The first kappa shape index (κ1) is 14.4. The number of carbonyl (C=O) groups excluding carboxylic acids is 2. The van der Waals surface area contributed by atoms with Crippen LogP contribution in [0.15, 0.2) is 30.3 Å². The van der Waals surface area contributed by atoms with E-state index < -0.39 is 0 Å². The van der Waals surface area contributed by atoms with Crippen LogP contribution in [0.1, 0.15) is 25.3 Å². The second kappa shape index (κ2) is 6.93. The second-order valence-corrected chi connectivity index (χ2v) is 4.97. The highest BCUT2D eigenvalue weighted by Crippen LogP contribution is 2.18. The number of hydrogen-bond donors (Lipinski definition) is 1. The highest BCUT2D eigenvalue weighted by atomic mass is 16.6. The molecule has 108 valence electrons. The third-order valence-corrected chi connectivity index (χ3v) is 3.40. The van der Waals surface area contributed by atoms with Crippen LogP contribution in [0.5, 0.6) is 0 Å². The number of hydrogen-bond acceptors (Lipinski definition) is 3. The first-order valence-corrected chi connectivity index (χ1v) is 6.88. The SMILES string of the molecule is CC(=O)NCC1CCCN1C(=O)OCc1ccccc1. The largest absolute Gasteiger partial charge is 0.445 e. The van der Waals surface area contributed by atoms with E-state index in [-0.39, 0.29) is 24.6 Å². The standard InChI is InChI=1S/C15H20N2O3/c1-12(18)16-10-14-8-5-9-17(14)15(19)20-11-13-6-3-2-4-7-13/h2-4,6-7,14H,5,8-11H2,1H3,(H,16,18). The number of carbonyl (C=O) groups is 2. The fourth-order valence-electron chi connectivity index (χ4n) is 2.35. The predicted molar refractivity (Wildman–Crippen MR) is 75.0 cm³/mol. The molecule has 1 aliphatic rings. The summed E-state index contributed by atoms with van der Waals surface area (Å²) in [5, 5.41) is 2.76. The van der Waals surface area contributed by atoms with Crippen molar-refractivity contribution in [1.82, 2.24) is 10.2 Å². The third-order valence-electron chi connectivity index (χ3n) is 3.40. The highest BCUT2D eigenvalue weighted by Gasteiger charge is 2.29. The molecule has 1 atom stereocenters. The fourth-order valence-corrected chi connectivity index (χ4v) is 2.35. The topological polar surface area (TPSA) is 58.6 Å². The van der Waals surface area contributed by atoms with Gasteiger partial charge in [-0.2, -0.15) is 0 Å². The molecule has 0 saturated carbocycles. The Kier molecular flexibility index (Phi) is 4.98. The lowest BCUT2D eigenvalue weighted by atomic mass is 10.2. The summed E-state index contributed by atoms with van der Waals surface area (Å²) in [6, 6.07) is 9.65. The zero-order valence-electron chi connectivity index (χ0n) is 11.7. The van der Waals surface area contributed by atoms with Crippen LogP contribution in [0, 0.1) is 0 Å². The Balaban J connectivity index is 1.83. The monoisotopic (exact) mass is 276 g/mol. The average molecular weight is 276 g/mol. The number of amides is 2. The van der Waals surface area contributed by atoms with Gasteiger partial charge in [0.1, 0.15) is 6.61 Å². The van der Waals surface area contributed by atoms with E-state index in [4.69, 9.17) is 4.74 Å². The van der Waals surface area contributed by atoms with Crippen LogP contribution >= 0.6 is 0 Å². The lowest BCUT2D eigenvalue weighted by molar-refractivity contribution is -0.119. The molecule has 1 heterocycles. The second-order valence-electron chi connectivity index (χ2n) is 4.97. The molecule has 2 amide bonds. The molecule has 1 aromatic carbocycles. The molecule has 1 unspecified atom stereocenters. The van der Waals surface area contributed by atoms with Crippen molar-refractivity contribution in [2.75, 3.05) is 13.1 Å². The molecule has 2 rings (SSSR count). The molecule has 1 fully saturated rings. The molecule has 0 bridgehead atoms. The Morgan fingerprint density at radius 2 is 2.10 bits per heavy atom. The summed E-state index contributed by atoms with van der Waals surface area (Å²) in [6.07, 6.45) is 1.55. The van der Waals surface area contributed by atoms with E-state index >= 15 is 0 Å². The molecule has 0 aliphatic carbocycles. The van der Waals surface area contributed by atoms with Crippen molar-refractivity contribution in [3.05, 3.63) is 35.9 Å². The summed E-state index contributed by atoms with van der Waals surface area (Å²) in [4.78, 5) is 24.7. The number of benzene rings is 1. The van der Waals surface area contributed by atoms with E-state index in [1.165, 1.54) is 6.92 Å². The van der Waals surface area contributed by atoms with Crippen LogP contribution < -0.4 is 5.32 Å². The van der Waals surface area contributed by atoms with Crippen LogP contribution in [-0.4, -0.2) is 36.0 Å². The molecule has 0 radical (unpaired) electrons. The maximum Gasteiger partial charge on any atom is 0.410 e. The number of nitrogens with one attached hydrogen (secondary N) is 1.